The molecule has 0 aromatic rings. The molecule has 0 saturated heterocycles. The Morgan fingerprint density at radius 3 is 1.50 bits per heavy atom. The first kappa shape index (κ1) is 10.4. The van der Waals surface area contributed by atoms with Crippen LogP contribution in [0.3, 0.4) is 0 Å². The molecule has 6 heteroatoms. The molecule has 0 aliphatic rings. The third-order valence-corrected chi connectivity index (χ3v) is 0.0556. The van der Waals surface area contributed by atoms with Crippen molar-refractivity contribution in [2.75, 3.05) is 0 Å². The van der Waals surface area contributed by atoms with Gasteiger partial charge in [-0.1, -0.05) is 0 Å². The van der Waals surface area contributed by atoms with Gasteiger partial charge in [0.25, 0.3) is 0 Å². The van der Waals surface area contributed by atoms with E-state index in [1.165, 1.54) is 0 Å². The Morgan fingerprint density at radius 1 is 1.38 bits per heavy atom. The molecular weight excluding hydrogens is 136 g/mol. The molecule has 0 rings (SSSR count). The molecule has 0 aliphatic carbocycles. The summed E-state index contributed by atoms with van der Waals surface area (Å²) < 4.78 is 24.1. The lowest BCUT2D eigenvalue weighted by atomic mass is 10.9. The zero-order valence-electron chi connectivity index (χ0n) is 3.64. The van der Waals surface area contributed by atoms with Crippen LogP contribution in [-0.4, -0.2) is 25.9 Å². The topological polar surface area (TPSA) is 94.5 Å². The zero-order chi connectivity index (χ0) is 6.99. The minimum atomic E-state index is -2.86. The highest BCUT2D eigenvalue weighted by atomic mass is 32.2. The number of rotatable bonds is 1. The van der Waals surface area contributed by atoms with E-state index in [1.807, 2.05) is 0 Å². The summed E-state index contributed by atoms with van der Waals surface area (Å²) in [6.07, 6.45) is 0.389. The smallest absolute Gasteiger partial charge is 0.182 e. The molecule has 0 aromatic heterocycles. The summed E-state index contributed by atoms with van der Waals surface area (Å²) >= 11 is -2.86. The van der Waals surface area contributed by atoms with Crippen molar-refractivity contribution in [3.8, 4) is 0 Å². The number of hydrogen-bond donors (Lipinski definition) is 1. The molecule has 0 heterocycles. The van der Waals surface area contributed by atoms with Gasteiger partial charge in [0.2, 0.25) is 0 Å². The largest absolute Gasteiger partial charge is 0.750 e. The Morgan fingerprint density at radius 2 is 1.50 bits per heavy atom. The van der Waals surface area contributed by atoms with Crippen LogP contribution in [0.4, 0.5) is 0 Å². The second-order valence-corrected chi connectivity index (χ2v) is 0.924. The molecule has 1 unspecified atom stereocenters. The highest BCUT2D eigenvalue weighted by Crippen LogP contribution is 1.43. The van der Waals surface area contributed by atoms with Gasteiger partial charge in [0.05, 0.1) is 11.4 Å². The van der Waals surface area contributed by atoms with Gasteiger partial charge in [0.15, 0.2) is 12.6 Å². The number of carbonyl (C=O) groups excluding carboxylic acids is 2. The quantitative estimate of drug-likeness (QED) is 0.277. The fraction of sp³-hybridized carbons (Fsp3) is 0. The summed E-state index contributed by atoms with van der Waals surface area (Å²) in [6.45, 7) is 0. The van der Waals surface area contributed by atoms with Gasteiger partial charge in [0, 0.05) is 0 Å². The highest BCUT2D eigenvalue weighted by molar-refractivity contribution is 7.73. The molecule has 0 aromatic carbocycles. The molecule has 0 spiro atoms. The number of carbonyl (C=O) groups is 2. The average Bonchev–Trinajstić information content (AvgIpc) is 1.65. The maximum atomic E-state index is 8.81. The SMILES string of the molecule is O=CC=O.O=S([O-])O. The first-order valence-corrected chi connectivity index (χ1v) is 2.35. The zero-order valence-corrected chi connectivity index (χ0v) is 4.46. The fourth-order valence-corrected chi connectivity index (χ4v) is 0. The molecular formula is C2H3O5S-. The van der Waals surface area contributed by atoms with Crippen molar-refractivity contribution in [3.05, 3.63) is 0 Å². The predicted octanol–water partition coefficient (Wildman–Crippen LogP) is -1.28. The standard InChI is InChI=1S/C2H2O2.H2O3S/c3-1-2-4;1-4(2)3/h1-2H;(H2,1,2,3)/p-1. The Balaban J connectivity index is 0. The molecule has 0 radical (unpaired) electrons. The molecule has 48 valence electrons. The van der Waals surface area contributed by atoms with Crippen LogP contribution in [0.25, 0.3) is 0 Å². The summed E-state index contributed by atoms with van der Waals surface area (Å²) in [5, 5.41) is 0. The van der Waals surface area contributed by atoms with Crippen molar-refractivity contribution in [1.29, 1.82) is 0 Å². The van der Waals surface area contributed by atoms with Crippen molar-refractivity contribution in [2.24, 2.45) is 0 Å². The van der Waals surface area contributed by atoms with Crippen molar-refractivity contribution in [2.45, 2.75) is 0 Å². The summed E-state index contributed by atoms with van der Waals surface area (Å²) in [4.78, 5) is 17.6. The fourth-order valence-electron chi connectivity index (χ4n) is 0. The predicted molar refractivity (Wildman–Crippen MR) is 23.7 cm³/mol. The van der Waals surface area contributed by atoms with Crippen LogP contribution in [0.2, 0.25) is 0 Å². The molecule has 0 amide bonds. The van der Waals surface area contributed by atoms with Gasteiger partial charge in [0.1, 0.15) is 0 Å². The van der Waals surface area contributed by atoms with Gasteiger partial charge in [-0.05, 0) is 0 Å². The van der Waals surface area contributed by atoms with Crippen molar-refractivity contribution in [1.82, 2.24) is 0 Å². The molecule has 1 atom stereocenters. The Hall–Kier alpha value is -0.590. The van der Waals surface area contributed by atoms with Crippen LogP contribution < -0.4 is 0 Å². The third kappa shape index (κ3) is 626. The normalized spacial score (nSPS) is 10.2. The van der Waals surface area contributed by atoms with Crippen LogP contribution in [0.15, 0.2) is 0 Å². The van der Waals surface area contributed by atoms with Crippen LogP contribution >= 0.6 is 0 Å². The van der Waals surface area contributed by atoms with Crippen molar-refractivity contribution < 1.29 is 22.9 Å². The first-order valence-electron chi connectivity index (χ1n) is 1.32. The van der Waals surface area contributed by atoms with Crippen molar-refractivity contribution >= 4 is 23.9 Å². The molecule has 8 heavy (non-hydrogen) atoms. The van der Waals surface area contributed by atoms with Crippen molar-refractivity contribution in [3.63, 3.8) is 0 Å². The maximum Gasteiger partial charge on any atom is 0.182 e. The van der Waals surface area contributed by atoms with E-state index in [2.05, 4.69) is 0 Å². The van der Waals surface area contributed by atoms with E-state index in [0.717, 1.165) is 0 Å². The molecule has 1 N–H and O–H groups in total. The first-order chi connectivity index (χ1) is 3.65. The van der Waals surface area contributed by atoms with E-state index in [4.69, 9.17) is 22.9 Å². The number of aldehydes is 2. The van der Waals surface area contributed by atoms with Gasteiger partial charge >= 0.3 is 0 Å². The maximum absolute atomic E-state index is 8.81. The lowest BCUT2D eigenvalue weighted by Gasteiger charge is -1.83. The summed E-state index contributed by atoms with van der Waals surface area (Å²) in [7, 11) is 0. The highest BCUT2D eigenvalue weighted by Gasteiger charge is 1.47. The van der Waals surface area contributed by atoms with E-state index in [-0.39, 0.29) is 12.6 Å². The lowest BCUT2D eigenvalue weighted by Crippen LogP contribution is -1.75. The van der Waals surface area contributed by atoms with Gasteiger partial charge < -0.3 is 9.11 Å². The minimum Gasteiger partial charge on any atom is -0.750 e. The van der Waals surface area contributed by atoms with Gasteiger partial charge in [-0.25, -0.2) is 4.21 Å². The minimum absolute atomic E-state index is 0.194. The number of hydrogen-bond acceptors (Lipinski definition) is 4. The Labute approximate surface area is 47.8 Å². The molecule has 0 saturated carbocycles. The summed E-state index contributed by atoms with van der Waals surface area (Å²) in [6, 6.07) is 0. The van der Waals surface area contributed by atoms with E-state index in [0.29, 0.717) is 0 Å². The van der Waals surface area contributed by atoms with E-state index in [9.17, 15) is 0 Å². The Bertz CT molecular complexity index is 78.4. The van der Waals surface area contributed by atoms with E-state index < -0.39 is 11.4 Å². The lowest BCUT2D eigenvalue weighted by molar-refractivity contribution is -0.122. The van der Waals surface area contributed by atoms with E-state index >= 15 is 0 Å². The van der Waals surface area contributed by atoms with Gasteiger partial charge in [-0.2, -0.15) is 0 Å². The van der Waals surface area contributed by atoms with Crippen LogP contribution in [0.5, 0.6) is 0 Å². The second kappa shape index (κ2) is 9.65. The second-order valence-electron chi connectivity index (χ2n) is 0.489. The van der Waals surface area contributed by atoms with Gasteiger partial charge in [-0.3, -0.25) is 9.59 Å². The van der Waals surface area contributed by atoms with Crippen LogP contribution in [-0.2, 0) is 21.0 Å². The van der Waals surface area contributed by atoms with Gasteiger partial charge in [-0.15, -0.1) is 0 Å². The molecule has 0 fully saturated rings. The average molecular weight is 139 g/mol. The van der Waals surface area contributed by atoms with E-state index in [1.54, 1.807) is 0 Å². The summed E-state index contributed by atoms with van der Waals surface area (Å²) in [5.74, 6) is 0. The van der Waals surface area contributed by atoms with Crippen LogP contribution in [0, 0.1) is 0 Å². The third-order valence-electron chi connectivity index (χ3n) is 0.0556. The molecule has 0 aliphatic heterocycles. The Kier molecular flexibility index (Phi) is 12.5. The molecule has 0 bridgehead atoms. The van der Waals surface area contributed by atoms with Crippen LogP contribution in [0.1, 0.15) is 0 Å². The summed E-state index contributed by atoms with van der Waals surface area (Å²) in [5.41, 5.74) is 0. The molecule has 5 nitrogen and oxygen atoms in total. The monoisotopic (exact) mass is 139 g/mol.